The number of hydrogen-bond donors (Lipinski definition) is 5. The first-order valence-electron chi connectivity index (χ1n) is 4.99. The van der Waals surface area contributed by atoms with E-state index in [1.807, 2.05) is 10.3 Å². The molecule has 0 saturated carbocycles. The number of carbonyl (C=O) groups is 2. The molecule has 0 fully saturated rings. The molecule has 0 aliphatic heterocycles. The molecule has 0 aliphatic carbocycles. The van der Waals surface area contributed by atoms with Gasteiger partial charge in [0.1, 0.15) is 5.69 Å². The molecule has 9 heteroatoms. The number of aromatic nitrogens is 2. The summed E-state index contributed by atoms with van der Waals surface area (Å²) in [6, 6.07) is 0. The Morgan fingerprint density at radius 2 is 2.06 bits per heavy atom. The van der Waals surface area contributed by atoms with Crippen molar-refractivity contribution >= 4 is 17.5 Å². The molecule has 0 unspecified atom stereocenters. The minimum atomic E-state index is -1.08. The average molecular weight is 256 g/mol. The minimum absolute atomic E-state index is 0.0891. The molecule has 9 nitrogen and oxygen atoms in total. The maximum atomic E-state index is 11.3. The van der Waals surface area contributed by atoms with Gasteiger partial charge in [-0.15, -0.1) is 0 Å². The molecule has 1 aromatic heterocycles. The lowest BCUT2D eigenvalue weighted by atomic mass is 10.4. The van der Waals surface area contributed by atoms with Gasteiger partial charge < -0.3 is 20.7 Å². The van der Waals surface area contributed by atoms with Crippen LogP contribution in [-0.4, -0.2) is 39.5 Å². The highest BCUT2D eigenvalue weighted by Crippen LogP contribution is 1.91. The van der Waals surface area contributed by atoms with Crippen LogP contribution in [0.1, 0.15) is 6.92 Å². The van der Waals surface area contributed by atoms with E-state index in [2.05, 4.69) is 10.3 Å². The van der Waals surface area contributed by atoms with Gasteiger partial charge in [-0.2, -0.15) is 0 Å². The second-order valence-corrected chi connectivity index (χ2v) is 3.50. The number of rotatable bonds is 3. The van der Waals surface area contributed by atoms with Crippen LogP contribution in [0.2, 0.25) is 0 Å². The van der Waals surface area contributed by atoms with Crippen molar-refractivity contribution in [2.75, 3.05) is 11.9 Å². The zero-order valence-corrected chi connectivity index (χ0v) is 9.44. The molecule has 1 aromatic rings. The van der Waals surface area contributed by atoms with E-state index in [1.54, 1.807) is 0 Å². The second kappa shape index (κ2) is 5.77. The monoisotopic (exact) mass is 256 g/mol. The van der Waals surface area contributed by atoms with Gasteiger partial charge in [-0.1, -0.05) is 0 Å². The third-order valence-electron chi connectivity index (χ3n) is 1.83. The molecule has 0 radical (unpaired) electrons. The Labute approximate surface area is 100 Å². The first-order chi connectivity index (χ1) is 8.40. The van der Waals surface area contributed by atoms with E-state index in [-0.39, 0.29) is 12.2 Å². The number of nitrogens with one attached hydrogen (secondary N) is 4. The molecule has 1 atom stereocenters. The van der Waals surface area contributed by atoms with Crippen LogP contribution in [0.25, 0.3) is 0 Å². The number of aliphatic hydroxyl groups is 1. The summed E-state index contributed by atoms with van der Waals surface area (Å²) in [7, 11) is 0. The first kappa shape index (κ1) is 13.6. The Morgan fingerprint density at radius 1 is 1.39 bits per heavy atom. The molecular weight excluding hydrogens is 244 g/mol. The minimum Gasteiger partial charge on any atom is -0.392 e. The number of anilines is 1. The number of amides is 2. The molecule has 0 aromatic carbocycles. The maximum Gasteiger partial charge on any atom is 0.325 e. The molecular formula is C9H12N4O5. The predicted molar refractivity (Wildman–Crippen MR) is 61.0 cm³/mol. The maximum absolute atomic E-state index is 11.3. The van der Waals surface area contributed by atoms with Crippen LogP contribution in [0.15, 0.2) is 15.8 Å². The van der Waals surface area contributed by atoms with E-state index in [4.69, 9.17) is 5.11 Å². The highest BCUT2D eigenvalue weighted by Gasteiger charge is 2.15. The second-order valence-electron chi connectivity index (χ2n) is 3.50. The van der Waals surface area contributed by atoms with Gasteiger partial charge in [-0.05, 0) is 6.92 Å². The Balaban J connectivity index is 2.67. The summed E-state index contributed by atoms with van der Waals surface area (Å²) < 4.78 is 0. The molecule has 5 N–H and O–H groups in total. The van der Waals surface area contributed by atoms with Crippen LogP contribution in [0.5, 0.6) is 0 Å². The van der Waals surface area contributed by atoms with Gasteiger partial charge >= 0.3 is 17.5 Å². The van der Waals surface area contributed by atoms with Crippen molar-refractivity contribution in [3.05, 3.63) is 27.0 Å². The summed E-state index contributed by atoms with van der Waals surface area (Å²) >= 11 is 0. The third kappa shape index (κ3) is 3.87. The SMILES string of the molecule is C[C@@H](O)CNC(=O)C(=O)Nc1c[nH]c(=O)[nH]c1=O. The lowest BCUT2D eigenvalue weighted by Crippen LogP contribution is -2.40. The van der Waals surface area contributed by atoms with E-state index in [9.17, 15) is 19.2 Å². The van der Waals surface area contributed by atoms with Gasteiger partial charge in [-0.25, -0.2) is 4.79 Å². The van der Waals surface area contributed by atoms with Gasteiger partial charge in [0.25, 0.3) is 5.56 Å². The zero-order valence-electron chi connectivity index (χ0n) is 9.44. The van der Waals surface area contributed by atoms with Gasteiger partial charge in [0, 0.05) is 12.7 Å². The van der Waals surface area contributed by atoms with Crippen molar-refractivity contribution in [3.63, 3.8) is 0 Å². The van der Waals surface area contributed by atoms with Crippen molar-refractivity contribution in [1.82, 2.24) is 15.3 Å². The van der Waals surface area contributed by atoms with E-state index < -0.39 is 29.2 Å². The predicted octanol–water partition coefficient (Wildman–Crippen LogP) is -2.50. The van der Waals surface area contributed by atoms with E-state index >= 15 is 0 Å². The van der Waals surface area contributed by atoms with Gasteiger partial charge in [0.2, 0.25) is 0 Å². The summed E-state index contributed by atoms with van der Waals surface area (Å²) in [5.74, 6) is -2.07. The van der Waals surface area contributed by atoms with Crippen molar-refractivity contribution in [2.24, 2.45) is 0 Å². The van der Waals surface area contributed by atoms with Crippen molar-refractivity contribution in [3.8, 4) is 0 Å². The van der Waals surface area contributed by atoms with Crippen LogP contribution in [0.4, 0.5) is 5.69 Å². The quantitative estimate of drug-likeness (QED) is 0.380. The Bertz CT molecular complexity index is 559. The smallest absolute Gasteiger partial charge is 0.325 e. The molecule has 18 heavy (non-hydrogen) atoms. The standard InChI is InChI=1S/C9H12N4O5/c1-4(14)2-10-7(16)8(17)12-5-3-11-9(18)13-6(5)15/h3-4,14H,2H2,1H3,(H,10,16)(H,12,17)(H2,11,13,15,18)/t4-/m1/s1. The average Bonchev–Trinajstić information content (AvgIpc) is 2.29. The molecule has 1 rings (SSSR count). The van der Waals surface area contributed by atoms with Crippen LogP contribution in [0, 0.1) is 0 Å². The molecule has 0 bridgehead atoms. The normalized spacial score (nSPS) is 11.7. The van der Waals surface area contributed by atoms with E-state index in [0.29, 0.717) is 0 Å². The summed E-state index contributed by atoms with van der Waals surface area (Å²) in [5, 5.41) is 13.1. The highest BCUT2D eigenvalue weighted by atomic mass is 16.3. The fourth-order valence-corrected chi connectivity index (χ4v) is 1.00. The lowest BCUT2D eigenvalue weighted by molar-refractivity contribution is -0.136. The van der Waals surface area contributed by atoms with Crippen molar-refractivity contribution < 1.29 is 14.7 Å². The van der Waals surface area contributed by atoms with Crippen LogP contribution < -0.4 is 21.9 Å². The van der Waals surface area contributed by atoms with E-state index in [0.717, 1.165) is 6.20 Å². The first-order valence-corrected chi connectivity index (χ1v) is 4.99. The number of hydrogen-bond acceptors (Lipinski definition) is 5. The molecule has 0 saturated heterocycles. The Morgan fingerprint density at radius 3 is 2.61 bits per heavy atom. The fourth-order valence-electron chi connectivity index (χ4n) is 1.00. The number of carbonyl (C=O) groups excluding carboxylic acids is 2. The van der Waals surface area contributed by atoms with Crippen LogP contribution >= 0.6 is 0 Å². The summed E-state index contributed by atoms with van der Waals surface area (Å²) in [6.45, 7) is 1.35. The molecule has 98 valence electrons. The van der Waals surface area contributed by atoms with Gasteiger partial charge in [0.05, 0.1) is 6.10 Å². The highest BCUT2D eigenvalue weighted by molar-refractivity contribution is 6.39. The molecule has 1 heterocycles. The molecule has 0 spiro atoms. The Hall–Kier alpha value is -2.42. The number of aliphatic hydroxyl groups excluding tert-OH is 1. The Kier molecular flexibility index (Phi) is 4.38. The number of aromatic amines is 2. The summed E-state index contributed by atoms with van der Waals surface area (Å²) in [5.41, 5.74) is -1.81. The zero-order chi connectivity index (χ0) is 13.7. The van der Waals surface area contributed by atoms with Crippen molar-refractivity contribution in [2.45, 2.75) is 13.0 Å². The fraction of sp³-hybridized carbons (Fsp3) is 0.333. The van der Waals surface area contributed by atoms with Gasteiger partial charge in [0.15, 0.2) is 0 Å². The molecule has 2 amide bonds. The summed E-state index contributed by atoms with van der Waals surface area (Å²) in [6.07, 6.45) is 0.180. The lowest BCUT2D eigenvalue weighted by Gasteiger charge is -2.06. The number of H-pyrrole nitrogens is 2. The summed E-state index contributed by atoms with van der Waals surface area (Å²) in [4.78, 5) is 48.5. The topological polar surface area (TPSA) is 144 Å². The largest absolute Gasteiger partial charge is 0.392 e. The third-order valence-corrected chi connectivity index (χ3v) is 1.83. The van der Waals surface area contributed by atoms with Crippen LogP contribution in [-0.2, 0) is 9.59 Å². The van der Waals surface area contributed by atoms with Crippen molar-refractivity contribution in [1.29, 1.82) is 0 Å². The van der Waals surface area contributed by atoms with Gasteiger partial charge in [-0.3, -0.25) is 19.4 Å². The molecule has 0 aliphatic rings. The van der Waals surface area contributed by atoms with Crippen LogP contribution in [0.3, 0.4) is 0 Å². The van der Waals surface area contributed by atoms with E-state index in [1.165, 1.54) is 6.92 Å².